The summed E-state index contributed by atoms with van der Waals surface area (Å²) in [5.41, 5.74) is 2.13. The summed E-state index contributed by atoms with van der Waals surface area (Å²) in [5, 5.41) is 16.8. The number of rotatable bonds is 5. The van der Waals surface area contributed by atoms with Crippen LogP contribution in [0, 0.1) is 13.8 Å². The van der Waals surface area contributed by atoms with E-state index in [0.29, 0.717) is 6.54 Å². The summed E-state index contributed by atoms with van der Waals surface area (Å²) in [5.74, 6) is 0.986. The zero-order chi connectivity index (χ0) is 13.0. The van der Waals surface area contributed by atoms with Gasteiger partial charge in [0.05, 0.1) is 31.7 Å². The third kappa shape index (κ3) is 2.85. The normalized spacial score (nSPS) is 18.7. The average Bonchev–Trinajstić information content (AvgIpc) is 2.65. The third-order valence-corrected chi connectivity index (χ3v) is 3.26. The molecule has 2 N–H and O–H groups in total. The zero-order valence-electron chi connectivity index (χ0n) is 11.0. The van der Waals surface area contributed by atoms with E-state index in [4.69, 9.17) is 9.84 Å². The van der Waals surface area contributed by atoms with Crippen LogP contribution in [0.4, 0.5) is 5.82 Å². The quantitative estimate of drug-likeness (QED) is 0.834. The average molecular weight is 251 g/mol. The van der Waals surface area contributed by atoms with E-state index in [0.717, 1.165) is 36.5 Å². The molecule has 0 aliphatic carbocycles. The Morgan fingerprint density at radius 2 is 2.39 bits per heavy atom. The second-order valence-electron chi connectivity index (χ2n) is 4.59. The molecule has 1 aromatic heterocycles. The molecular formula is C13H21N3O2. The maximum atomic E-state index is 9.04. The Morgan fingerprint density at radius 1 is 1.56 bits per heavy atom. The molecule has 2 heterocycles. The van der Waals surface area contributed by atoms with Gasteiger partial charge in [0.2, 0.25) is 0 Å². The first kappa shape index (κ1) is 13.0. The lowest BCUT2D eigenvalue weighted by atomic mass is 10.1. The molecule has 0 saturated carbocycles. The Bertz CT molecular complexity index is 426. The fraction of sp³-hybridized carbons (Fsp3) is 0.615. The summed E-state index contributed by atoms with van der Waals surface area (Å²) in [6.07, 6.45) is 6.14. The van der Waals surface area contributed by atoms with E-state index in [2.05, 4.69) is 10.4 Å². The molecule has 5 heteroatoms. The van der Waals surface area contributed by atoms with Crippen LogP contribution in [0.3, 0.4) is 0 Å². The summed E-state index contributed by atoms with van der Waals surface area (Å²) in [4.78, 5) is 0. The number of nitrogens with one attached hydrogen (secondary N) is 1. The predicted octanol–water partition coefficient (Wildman–Crippen LogP) is 1.60. The summed E-state index contributed by atoms with van der Waals surface area (Å²) < 4.78 is 7.35. The molecule has 0 saturated heterocycles. The number of nitrogens with zero attached hydrogens (tertiary/aromatic N) is 2. The number of hydrogen-bond donors (Lipinski definition) is 2. The number of ether oxygens (including phenoxy) is 1. The predicted molar refractivity (Wildman–Crippen MR) is 70.5 cm³/mol. The maximum Gasteiger partial charge on any atom is 0.127 e. The molecule has 1 atom stereocenters. The molecule has 0 spiro atoms. The summed E-state index contributed by atoms with van der Waals surface area (Å²) in [6, 6.07) is 0. The number of aliphatic hydroxyl groups excluding tert-OH is 1. The second kappa shape index (κ2) is 5.91. The van der Waals surface area contributed by atoms with Gasteiger partial charge in [0, 0.05) is 5.56 Å². The van der Waals surface area contributed by atoms with Crippen molar-refractivity contribution in [3.63, 3.8) is 0 Å². The third-order valence-electron chi connectivity index (χ3n) is 3.26. The zero-order valence-corrected chi connectivity index (χ0v) is 11.0. The van der Waals surface area contributed by atoms with Crippen LogP contribution in [0.5, 0.6) is 0 Å². The fourth-order valence-corrected chi connectivity index (χ4v) is 2.10. The number of hydrogen-bond acceptors (Lipinski definition) is 4. The number of allylic oxidation sites excluding steroid dienone is 1. The lowest BCUT2D eigenvalue weighted by Crippen LogP contribution is -2.24. The molecule has 1 aliphatic rings. The topological polar surface area (TPSA) is 59.3 Å². The monoisotopic (exact) mass is 251 g/mol. The highest BCUT2D eigenvalue weighted by Gasteiger charge is 2.15. The van der Waals surface area contributed by atoms with Gasteiger partial charge in [0.25, 0.3) is 0 Å². The van der Waals surface area contributed by atoms with Gasteiger partial charge in [-0.1, -0.05) is 0 Å². The second-order valence-corrected chi connectivity index (χ2v) is 4.59. The molecule has 0 amide bonds. The highest BCUT2D eigenvalue weighted by atomic mass is 16.5. The van der Waals surface area contributed by atoms with Crippen LogP contribution in [-0.2, 0) is 11.3 Å². The minimum Gasteiger partial charge on any atom is -0.497 e. The van der Waals surface area contributed by atoms with Gasteiger partial charge < -0.3 is 15.2 Å². The van der Waals surface area contributed by atoms with E-state index in [1.54, 1.807) is 6.26 Å². The van der Waals surface area contributed by atoms with Gasteiger partial charge in [0.15, 0.2) is 0 Å². The lowest BCUT2D eigenvalue weighted by Gasteiger charge is -2.20. The summed E-state index contributed by atoms with van der Waals surface area (Å²) in [7, 11) is 0. The van der Waals surface area contributed by atoms with Crippen molar-refractivity contribution < 1.29 is 9.84 Å². The smallest absolute Gasteiger partial charge is 0.127 e. The minimum absolute atomic E-state index is 0.0951. The van der Waals surface area contributed by atoms with Crippen LogP contribution in [0.1, 0.15) is 24.1 Å². The van der Waals surface area contributed by atoms with Gasteiger partial charge in [-0.25, -0.2) is 4.68 Å². The Kier molecular flexibility index (Phi) is 4.25. The number of aliphatic hydroxyl groups is 1. The first-order chi connectivity index (χ1) is 8.72. The van der Waals surface area contributed by atoms with Crippen molar-refractivity contribution in [2.45, 2.75) is 39.3 Å². The van der Waals surface area contributed by atoms with Gasteiger partial charge in [-0.15, -0.1) is 0 Å². The first-order valence-electron chi connectivity index (χ1n) is 6.41. The summed E-state index contributed by atoms with van der Waals surface area (Å²) in [6.45, 7) is 5.40. The van der Waals surface area contributed by atoms with Crippen molar-refractivity contribution in [3.8, 4) is 0 Å². The number of aromatic nitrogens is 2. The molecule has 1 aromatic rings. The largest absolute Gasteiger partial charge is 0.497 e. The van der Waals surface area contributed by atoms with E-state index in [1.165, 1.54) is 0 Å². The highest BCUT2D eigenvalue weighted by molar-refractivity contribution is 5.46. The Hall–Kier alpha value is -1.49. The van der Waals surface area contributed by atoms with E-state index in [1.807, 2.05) is 24.6 Å². The molecule has 18 heavy (non-hydrogen) atoms. The van der Waals surface area contributed by atoms with Gasteiger partial charge in [0.1, 0.15) is 11.9 Å². The number of anilines is 1. The molecule has 0 unspecified atom stereocenters. The molecule has 0 bridgehead atoms. The Morgan fingerprint density at radius 3 is 3.06 bits per heavy atom. The van der Waals surface area contributed by atoms with Crippen molar-refractivity contribution in [2.75, 3.05) is 18.5 Å². The van der Waals surface area contributed by atoms with E-state index >= 15 is 0 Å². The van der Waals surface area contributed by atoms with Gasteiger partial charge in [-0.3, -0.25) is 0 Å². The van der Waals surface area contributed by atoms with Crippen LogP contribution in [-0.4, -0.2) is 34.1 Å². The summed E-state index contributed by atoms with van der Waals surface area (Å²) >= 11 is 0. The molecular weight excluding hydrogens is 230 g/mol. The SMILES string of the molecule is Cc1nn(CCO)c(NC[C@@H]2CCC=CO2)c1C. The standard InChI is InChI=1S/C13H21N3O2/c1-10-11(2)15-16(6-7-17)13(10)14-9-12-5-3-4-8-18-12/h4,8,12,14,17H,3,5-7,9H2,1-2H3/t12-/m0/s1. The molecule has 0 fully saturated rings. The molecule has 2 rings (SSSR count). The van der Waals surface area contributed by atoms with Crippen LogP contribution in [0.25, 0.3) is 0 Å². The molecule has 0 radical (unpaired) electrons. The molecule has 1 aliphatic heterocycles. The van der Waals surface area contributed by atoms with Gasteiger partial charge in [-0.2, -0.15) is 5.10 Å². The minimum atomic E-state index is 0.0951. The lowest BCUT2D eigenvalue weighted by molar-refractivity contribution is 0.135. The van der Waals surface area contributed by atoms with Crippen LogP contribution < -0.4 is 5.32 Å². The van der Waals surface area contributed by atoms with Crippen molar-refractivity contribution in [2.24, 2.45) is 0 Å². The van der Waals surface area contributed by atoms with E-state index in [9.17, 15) is 0 Å². The fourth-order valence-electron chi connectivity index (χ4n) is 2.10. The Labute approximate surface area is 107 Å². The molecule has 0 aromatic carbocycles. The molecule has 5 nitrogen and oxygen atoms in total. The maximum absolute atomic E-state index is 9.04. The van der Waals surface area contributed by atoms with Crippen LogP contribution >= 0.6 is 0 Å². The highest BCUT2D eigenvalue weighted by Crippen LogP contribution is 2.19. The number of aryl methyl sites for hydroxylation is 1. The van der Waals surface area contributed by atoms with Crippen molar-refractivity contribution in [3.05, 3.63) is 23.6 Å². The molecule has 100 valence electrons. The van der Waals surface area contributed by atoms with Crippen LogP contribution in [0.2, 0.25) is 0 Å². The van der Waals surface area contributed by atoms with Crippen LogP contribution in [0.15, 0.2) is 12.3 Å². The van der Waals surface area contributed by atoms with Crippen molar-refractivity contribution in [1.82, 2.24) is 9.78 Å². The van der Waals surface area contributed by atoms with Crippen molar-refractivity contribution in [1.29, 1.82) is 0 Å². The first-order valence-corrected chi connectivity index (χ1v) is 6.41. The Balaban J connectivity index is 2.01. The van der Waals surface area contributed by atoms with Gasteiger partial charge in [-0.05, 0) is 32.8 Å². The van der Waals surface area contributed by atoms with Gasteiger partial charge >= 0.3 is 0 Å². The van der Waals surface area contributed by atoms with E-state index < -0.39 is 0 Å². The van der Waals surface area contributed by atoms with Crippen molar-refractivity contribution >= 4 is 5.82 Å². The van der Waals surface area contributed by atoms with E-state index in [-0.39, 0.29) is 12.7 Å².